The van der Waals surface area contributed by atoms with Gasteiger partial charge in [-0.3, -0.25) is 4.40 Å². The molecule has 0 bridgehead atoms. The highest BCUT2D eigenvalue weighted by Crippen LogP contribution is 2.04. The van der Waals surface area contributed by atoms with Crippen LogP contribution in [0.5, 0.6) is 0 Å². The van der Waals surface area contributed by atoms with Crippen LogP contribution < -0.4 is 0 Å². The Morgan fingerprint density at radius 3 is 2.67 bits per heavy atom. The van der Waals surface area contributed by atoms with Crippen LogP contribution in [0.15, 0.2) is 18.3 Å². The minimum Gasteiger partial charge on any atom is -0.286 e. The van der Waals surface area contributed by atoms with Crippen LogP contribution in [-0.2, 0) is 0 Å². The number of hydrogen-bond donors (Lipinski definition) is 0. The topological polar surface area (TPSA) is 30.2 Å². The van der Waals surface area contributed by atoms with Crippen LogP contribution in [0.25, 0.3) is 5.65 Å². The van der Waals surface area contributed by atoms with Crippen LogP contribution in [0.3, 0.4) is 0 Å². The van der Waals surface area contributed by atoms with Crippen molar-refractivity contribution in [3.05, 3.63) is 29.7 Å². The summed E-state index contributed by atoms with van der Waals surface area (Å²) < 4.78 is 1.98. The number of rotatable bonds is 0. The minimum absolute atomic E-state index is 0. The number of fused-ring (bicyclic) bond motifs is 1. The van der Waals surface area contributed by atoms with Crippen molar-refractivity contribution < 1.29 is 0 Å². The van der Waals surface area contributed by atoms with Gasteiger partial charge in [0.15, 0.2) is 5.65 Å². The molecular weight excluding hydrogens is 150 g/mol. The van der Waals surface area contributed by atoms with Crippen molar-refractivity contribution in [3.8, 4) is 0 Å². The van der Waals surface area contributed by atoms with Crippen molar-refractivity contribution in [2.75, 3.05) is 0 Å². The Hall–Kier alpha value is -1.38. The van der Waals surface area contributed by atoms with Crippen LogP contribution in [0.4, 0.5) is 0 Å². The molecule has 0 aliphatic rings. The van der Waals surface area contributed by atoms with Gasteiger partial charge in [0, 0.05) is 6.20 Å². The highest BCUT2D eigenvalue weighted by Gasteiger charge is 1.97. The number of aryl methyl sites for hydroxylation is 2. The van der Waals surface area contributed by atoms with E-state index in [4.69, 9.17) is 0 Å². The van der Waals surface area contributed by atoms with E-state index in [0.717, 1.165) is 11.5 Å². The maximum absolute atomic E-state index is 3.97. The molecule has 0 saturated carbocycles. The van der Waals surface area contributed by atoms with Crippen LogP contribution in [0.2, 0.25) is 0 Å². The van der Waals surface area contributed by atoms with Gasteiger partial charge in [-0.2, -0.15) is 0 Å². The summed E-state index contributed by atoms with van der Waals surface area (Å²) in [5, 5.41) is 7.92. The van der Waals surface area contributed by atoms with Gasteiger partial charge in [-0.25, -0.2) is 0 Å². The highest BCUT2D eigenvalue weighted by molar-refractivity contribution is 5.38. The van der Waals surface area contributed by atoms with Gasteiger partial charge in [-0.15, -0.1) is 10.2 Å². The Labute approximate surface area is 72.1 Å². The van der Waals surface area contributed by atoms with E-state index in [9.17, 15) is 0 Å². The molecule has 0 aliphatic heterocycles. The van der Waals surface area contributed by atoms with Gasteiger partial charge in [0.1, 0.15) is 5.82 Å². The van der Waals surface area contributed by atoms with E-state index < -0.39 is 0 Å². The second kappa shape index (κ2) is 2.93. The Bertz CT molecular complexity index is 390. The molecule has 0 aromatic carbocycles. The van der Waals surface area contributed by atoms with E-state index in [1.165, 1.54) is 5.56 Å². The molecule has 0 saturated heterocycles. The summed E-state index contributed by atoms with van der Waals surface area (Å²) in [6, 6.07) is 4.00. The first kappa shape index (κ1) is 8.71. The third kappa shape index (κ3) is 1.18. The summed E-state index contributed by atoms with van der Waals surface area (Å²) in [7, 11) is 0. The molecule has 64 valence electrons. The van der Waals surface area contributed by atoms with Crippen LogP contribution in [-0.4, -0.2) is 14.6 Å². The molecule has 2 aromatic heterocycles. The predicted octanol–water partition coefficient (Wildman–Crippen LogP) is 1.98. The molecule has 0 amide bonds. The van der Waals surface area contributed by atoms with Gasteiger partial charge in [0.2, 0.25) is 0 Å². The summed E-state index contributed by atoms with van der Waals surface area (Å²) in [6.07, 6.45) is 2.03. The van der Waals surface area contributed by atoms with Crippen LogP contribution in [0.1, 0.15) is 18.8 Å². The van der Waals surface area contributed by atoms with Crippen molar-refractivity contribution in [1.82, 2.24) is 14.6 Å². The van der Waals surface area contributed by atoms with Crippen LogP contribution >= 0.6 is 0 Å². The van der Waals surface area contributed by atoms with E-state index in [-0.39, 0.29) is 7.43 Å². The van der Waals surface area contributed by atoms with Gasteiger partial charge in [0.25, 0.3) is 0 Å². The third-order valence-corrected chi connectivity index (χ3v) is 1.72. The first-order valence-corrected chi connectivity index (χ1v) is 3.55. The fraction of sp³-hybridized carbons (Fsp3) is 0.333. The number of aromatic nitrogens is 3. The Morgan fingerprint density at radius 1 is 1.17 bits per heavy atom. The summed E-state index contributed by atoms with van der Waals surface area (Å²) in [5.74, 6) is 0.934. The van der Waals surface area contributed by atoms with Crippen molar-refractivity contribution >= 4 is 5.65 Å². The average molecular weight is 163 g/mol. The molecule has 12 heavy (non-hydrogen) atoms. The summed E-state index contributed by atoms with van der Waals surface area (Å²) in [4.78, 5) is 0. The van der Waals surface area contributed by atoms with Gasteiger partial charge < -0.3 is 0 Å². The Kier molecular flexibility index (Phi) is 2.13. The summed E-state index contributed by atoms with van der Waals surface area (Å²) in [6.45, 7) is 4.00. The number of nitrogens with zero attached hydrogens (tertiary/aromatic N) is 3. The van der Waals surface area contributed by atoms with Crippen molar-refractivity contribution in [1.29, 1.82) is 0 Å². The smallest absolute Gasteiger partial charge is 0.160 e. The summed E-state index contributed by atoms with van der Waals surface area (Å²) >= 11 is 0. The molecule has 2 heterocycles. The van der Waals surface area contributed by atoms with Gasteiger partial charge >= 0.3 is 0 Å². The normalized spacial score (nSPS) is 9.83. The average Bonchev–Trinajstić information content (AvgIpc) is 2.33. The lowest BCUT2D eigenvalue weighted by Gasteiger charge is -1.94. The predicted molar refractivity (Wildman–Crippen MR) is 49.2 cm³/mol. The molecule has 3 nitrogen and oxygen atoms in total. The molecule has 3 heteroatoms. The van der Waals surface area contributed by atoms with Gasteiger partial charge in [-0.05, 0) is 25.5 Å². The zero-order chi connectivity index (χ0) is 7.84. The zero-order valence-corrected chi connectivity index (χ0v) is 6.57. The molecular formula is C9H13N3. The van der Waals surface area contributed by atoms with E-state index in [0.29, 0.717) is 0 Å². The first-order chi connectivity index (χ1) is 5.27. The Morgan fingerprint density at radius 2 is 1.92 bits per heavy atom. The molecule has 0 unspecified atom stereocenters. The fourth-order valence-electron chi connectivity index (χ4n) is 1.11. The zero-order valence-electron chi connectivity index (χ0n) is 6.57. The van der Waals surface area contributed by atoms with Crippen molar-refractivity contribution in [3.63, 3.8) is 0 Å². The second-order valence-electron chi connectivity index (χ2n) is 2.68. The maximum Gasteiger partial charge on any atom is 0.160 e. The Balaban J connectivity index is 0.000000720. The minimum atomic E-state index is 0. The maximum atomic E-state index is 3.97. The quantitative estimate of drug-likeness (QED) is 0.594. The fourth-order valence-corrected chi connectivity index (χ4v) is 1.11. The van der Waals surface area contributed by atoms with Crippen molar-refractivity contribution in [2.24, 2.45) is 0 Å². The van der Waals surface area contributed by atoms with Crippen molar-refractivity contribution in [2.45, 2.75) is 21.3 Å². The molecule has 0 aliphatic carbocycles. The lowest BCUT2D eigenvalue weighted by molar-refractivity contribution is 1.00. The lowest BCUT2D eigenvalue weighted by atomic mass is 10.3. The molecule has 0 N–H and O–H groups in total. The largest absolute Gasteiger partial charge is 0.286 e. The molecule has 2 rings (SSSR count). The monoisotopic (exact) mass is 163 g/mol. The number of hydrogen-bond acceptors (Lipinski definition) is 2. The molecule has 0 fully saturated rings. The molecule has 2 aromatic rings. The van der Waals surface area contributed by atoms with E-state index in [2.05, 4.69) is 17.1 Å². The van der Waals surface area contributed by atoms with E-state index in [1.54, 1.807) is 0 Å². The number of pyridine rings is 1. The second-order valence-corrected chi connectivity index (χ2v) is 2.68. The van der Waals surface area contributed by atoms with E-state index >= 15 is 0 Å². The molecule has 0 atom stereocenters. The first-order valence-electron chi connectivity index (χ1n) is 3.55. The highest BCUT2D eigenvalue weighted by atomic mass is 15.2. The lowest BCUT2D eigenvalue weighted by Crippen LogP contribution is -1.87. The van der Waals surface area contributed by atoms with Gasteiger partial charge in [0.05, 0.1) is 0 Å². The third-order valence-electron chi connectivity index (χ3n) is 1.72. The van der Waals surface area contributed by atoms with Gasteiger partial charge in [-0.1, -0.05) is 13.5 Å². The molecule has 0 radical (unpaired) electrons. The SMILES string of the molecule is C.Cc1ccc2nnc(C)n2c1. The van der Waals surface area contributed by atoms with Crippen LogP contribution in [0, 0.1) is 13.8 Å². The van der Waals surface area contributed by atoms with E-state index in [1.807, 2.05) is 29.7 Å². The standard InChI is InChI=1S/C8H9N3.CH4/c1-6-3-4-8-10-9-7(2)11(8)5-6;/h3-5H,1-2H3;1H4. The summed E-state index contributed by atoms with van der Waals surface area (Å²) in [5.41, 5.74) is 2.13. The molecule has 0 spiro atoms.